The molecule has 0 radical (unpaired) electrons. The molecule has 1 aromatic carbocycles. The first-order valence-corrected chi connectivity index (χ1v) is 13.9. The molecule has 1 amide bonds. The molecule has 1 aliphatic heterocycles. The third-order valence-electron chi connectivity index (χ3n) is 6.22. The highest BCUT2D eigenvalue weighted by molar-refractivity contribution is 7.99. The van der Waals surface area contributed by atoms with Crippen LogP contribution in [0.1, 0.15) is 43.1 Å². The summed E-state index contributed by atoms with van der Waals surface area (Å²) in [5, 5.41) is 22.4. The molecule has 3 heterocycles. The number of aryl methyl sites for hydroxylation is 1. The minimum absolute atomic E-state index is 0.0563. The van der Waals surface area contributed by atoms with E-state index in [2.05, 4.69) is 20.5 Å². The number of anilines is 1. The Morgan fingerprint density at radius 3 is 2.73 bits per heavy atom. The molecule has 2 aromatic heterocycles. The quantitative estimate of drug-likeness (QED) is 0.327. The van der Waals surface area contributed by atoms with Crippen LogP contribution >= 0.6 is 11.8 Å². The number of hydrogen-bond donors (Lipinski definition) is 3. The van der Waals surface area contributed by atoms with Crippen LogP contribution < -0.4 is 10.6 Å². The number of carbonyl (C=O) groups excluding carboxylic acids is 1. The molecular weight excluding hydrogens is 488 g/mol. The van der Waals surface area contributed by atoms with E-state index in [0.29, 0.717) is 24.3 Å². The number of thioether (sulfide) groups is 1. The van der Waals surface area contributed by atoms with E-state index in [4.69, 9.17) is 9.84 Å². The molecule has 0 spiro atoms. The predicted octanol–water partition coefficient (Wildman–Crippen LogP) is 3.45. The number of amides is 1. The Labute approximate surface area is 223 Å². The Kier molecular flexibility index (Phi) is 9.07. The van der Waals surface area contributed by atoms with Crippen LogP contribution in [0.25, 0.3) is 16.9 Å². The normalized spacial score (nSPS) is 14.7. The van der Waals surface area contributed by atoms with Crippen molar-refractivity contribution in [1.29, 1.82) is 0 Å². The van der Waals surface area contributed by atoms with Crippen molar-refractivity contribution in [3.63, 3.8) is 0 Å². The Bertz CT molecular complexity index is 1220. The highest BCUT2D eigenvalue weighted by Crippen LogP contribution is 2.29. The zero-order valence-electron chi connectivity index (χ0n) is 22.2. The van der Waals surface area contributed by atoms with Gasteiger partial charge in [0.2, 0.25) is 0 Å². The number of morpholine rings is 1. The van der Waals surface area contributed by atoms with Crippen molar-refractivity contribution in [2.24, 2.45) is 0 Å². The number of aliphatic hydroxyl groups is 1. The zero-order chi connectivity index (χ0) is 26.4. The molecule has 3 N–H and O–H groups in total. The number of nitrogens with one attached hydrogen (secondary N) is 2. The summed E-state index contributed by atoms with van der Waals surface area (Å²) < 4.78 is 7.31. The molecular formula is C27H38N6O3S. The smallest absolute Gasteiger partial charge is 0.251 e. The van der Waals surface area contributed by atoms with Crippen LogP contribution in [-0.2, 0) is 4.74 Å². The summed E-state index contributed by atoms with van der Waals surface area (Å²) in [5.74, 6) is 0.855. The molecule has 37 heavy (non-hydrogen) atoms. The van der Waals surface area contributed by atoms with E-state index in [1.54, 1.807) is 25.6 Å². The largest absolute Gasteiger partial charge is 0.389 e. The Morgan fingerprint density at radius 2 is 2.03 bits per heavy atom. The summed E-state index contributed by atoms with van der Waals surface area (Å²) in [4.78, 5) is 19.6. The van der Waals surface area contributed by atoms with Crippen molar-refractivity contribution in [2.45, 2.75) is 44.7 Å². The van der Waals surface area contributed by atoms with Crippen LogP contribution in [0.4, 0.5) is 5.69 Å². The maximum Gasteiger partial charge on any atom is 0.251 e. The first kappa shape index (κ1) is 27.4. The second-order valence-corrected chi connectivity index (χ2v) is 11.1. The predicted molar refractivity (Wildman–Crippen MR) is 149 cm³/mol. The first-order chi connectivity index (χ1) is 17.7. The van der Waals surface area contributed by atoms with Gasteiger partial charge >= 0.3 is 0 Å². The minimum Gasteiger partial charge on any atom is -0.389 e. The van der Waals surface area contributed by atoms with Gasteiger partial charge in [-0.05, 0) is 51.0 Å². The van der Waals surface area contributed by atoms with Crippen molar-refractivity contribution >= 4 is 29.0 Å². The van der Waals surface area contributed by atoms with E-state index >= 15 is 0 Å². The Hall–Kier alpha value is -2.66. The number of imidazole rings is 1. The number of hydrogen-bond acceptors (Lipinski definition) is 8. The molecule has 4 rings (SSSR count). The van der Waals surface area contributed by atoms with Crippen LogP contribution in [0, 0.1) is 6.92 Å². The molecule has 0 unspecified atom stereocenters. The van der Waals surface area contributed by atoms with Crippen LogP contribution in [0.2, 0.25) is 0 Å². The average Bonchev–Trinajstić information content (AvgIpc) is 3.30. The second-order valence-electron chi connectivity index (χ2n) is 10.0. The third kappa shape index (κ3) is 7.22. The van der Waals surface area contributed by atoms with Gasteiger partial charge in [0.25, 0.3) is 5.91 Å². The highest BCUT2D eigenvalue weighted by atomic mass is 32.2. The number of ether oxygens (including phenoxy) is 1. The lowest BCUT2D eigenvalue weighted by Gasteiger charge is -2.26. The third-order valence-corrected chi connectivity index (χ3v) is 7.10. The van der Waals surface area contributed by atoms with Gasteiger partial charge in [-0.3, -0.25) is 9.69 Å². The molecule has 200 valence electrons. The summed E-state index contributed by atoms with van der Waals surface area (Å²) in [6.07, 6.45) is 2.71. The van der Waals surface area contributed by atoms with E-state index in [-0.39, 0.29) is 5.91 Å². The van der Waals surface area contributed by atoms with Gasteiger partial charge in [0.05, 0.1) is 36.4 Å². The summed E-state index contributed by atoms with van der Waals surface area (Å²) in [7, 11) is 0. The monoisotopic (exact) mass is 526 g/mol. The van der Waals surface area contributed by atoms with Gasteiger partial charge in [-0.15, -0.1) is 11.8 Å². The van der Waals surface area contributed by atoms with E-state index in [9.17, 15) is 9.90 Å². The van der Waals surface area contributed by atoms with Crippen molar-refractivity contribution in [3.05, 3.63) is 41.6 Å². The van der Waals surface area contributed by atoms with Gasteiger partial charge in [0, 0.05) is 49.6 Å². The van der Waals surface area contributed by atoms with E-state index in [1.807, 2.05) is 48.8 Å². The highest BCUT2D eigenvalue weighted by Gasteiger charge is 2.18. The van der Waals surface area contributed by atoms with Crippen LogP contribution in [0.5, 0.6) is 0 Å². The van der Waals surface area contributed by atoms with Crippen molar-refractivity contribution in [2.75, 3.05) is 57.0 Å². The molecule has 0 atom stereocenters. The first-order valence-electron chi connectivity index (χ1n) is 12.9. The van der Waals surface area contributed by atoms with Gasteiger partial charge < -0.3 is 20.5 Å². The number of fused-ring (bicyclic) bond motifs is 1. The number of aromatic nitrogens is 3. The average molecular weight is 527 g/mol. The maximum atomic E-state index is 12.5. The SMILES string of the molecule is CCCNC(=O)c1ccc(-c2cnc3c(NCC(C)(C)O)cc(SCCN4CCOCC4)nn23)cc1C. The zero-order valence-corrected chi connectivity index (χ0v) is 23.0. The summed E-state index contributed by atoms with van der Waals surface area (Å²) in [5.41, 5.74) is 4.01. The second kappa shape index (κ2) is 12.3. The Balaban J connectivity index is 1.62. The van der Waals surface area contributed by atoms with E-state index in [0.717, 1.165) is 72.6 Å². The van der Waals surface area contributed by atoms with Gasteiger partial charge in [-0.1, -0.05) is 13.0 Å². The molecule has 10 heteroatoms. The number of carbonyl (C=O) groups is 1. The van der Waals surface area contributed by atoms with Gasteiger partial charge in [-0.2, -0.15) is 5.10 Å². The van der Waals surface area contributed by atoms with Gasteiger partial charge in [0.1, 0.15) is 5.03 Å². The van der Waals surface area contributed by atoms with Gasteiger partial charge in [-0.25, -0.2) is 9.50 Å². The number of nitrogens with zero attached hydrogens (tertiary/aromatic N) is 4. The summed E-state index contributed by atoms with van der Waals surface area (Å²) >= 11 is 1.70. The van der Waals surface area contributed by atoms with Crippen molar-refractivity contribution in [1.82, 2.24) is 24.8 Å². The summed E-state index contributed by atoms with van der Waals surface area (Å²) in [6.45, 7) is 13.0. The van der Waals surface area contributed by atoms with E-state index < -0.39 is 5.60 Å². The van der Waals surface area contributed by atoms with Crippen LogP contribution in [0.3, 0.4) is 0 Å². The molecule has 1 aliphatic rings. The fourth-order valence-electron chi connectivity index (χ4n) is 4.17. The maximum absolute atomic E-state index is 12.5. The summed E-state index contributed by atoms with van der Waals surface area (Å²) in [6, 6.07) is 7.83. The molecule has 1 saturated heterocycles. The number of rotatable bonds is 11. The van der Waals surface area contributed by atoms with Gasteiger partial charge in [0.15, 0.2) is 5.65 Å². The molecule has 0 aliphatic carbocycles. The number of benzene rings is 1. The lowest BCUT2D eigenvalue weighted by atomic mass is 10.0. The minimum atomic E-state index is -0.870. The van der Waals surface area contributed by atoms with Crippen LogP contribution in [-0.4, -0.2) is 87.8 Å². The van der Waals surface area contributed by atoms with Crippen molar-refractivity contribution in [3.8, 4) is 11.3 Å². The fraction of sp³-hybridized carbons (Fsp3) is 0.519. The fourth-order valence-corrected chi connectivity index (χ4v) is 5.07. The van der Waals surface area contributed by atoms with E-state index in [1.165, 1.54) is 0 Å². The molecule has 0 saturated carbocycles. The topological polar surface area (TPSA) is 104 Å². The molecule has 1 fully saturated rings. The molecule has 0 bridgehead atoms. The Morgan fingerprint density at radius 1 is 1.24 bits per heavy atom. The van der Waals surface area contributed by atoms with Crippen molar-refractivity contribution < 1.29 is 14.6 Å². The standard InChI is InChI=1S/C27H38N6O3S/c1-5-8-28-26(34)21-7-6-20(15-19(21)2)23-17-29-25-22(30-18-27(3,4)35)16-24(31-33(23)25)37-14-11-32-9-12-36-13-10-32/h6-7,15-17,30,35H,5,8-14,18H2,1-4H3,(H,28,34). The van der Waals surface area contributed by atoms with Crippen LogP contribution in [0.15, 0.2) is 35.5 Å². The molecule has 9 nitrogen and oxygen atoms in total. The lowest BCUT2D eigenvalue weighted by molar-refractivity contribution is 0.0410. The molecule has 3 aromatic rings. The lowest BCUT2D eigenvalue weighted by Crippen LogP contribution is -2.37.